The summed E-state index contributed by atoms with van der Waals surface area (Å²) in [5.74, 6) is -0.825. The summed E-state index contributed by atoms with van der Waals surface area (Å²) in [7, 11) is 0. The van der Waals surface area contributed by atoms with E-state index in [9.17, 15) is 9.59 Å². The lowest BCUT2D eigenvalue weighted by Gasteiger charge is -2.09. The molecule has 2 rings (SSSR count). The quantitative estimate of drug-likeness (QED) is 0.406. The Balaban J connectivity index is 1.86. The van der Waals surface area contributed by atoms with Gasteiger partial charge < -0.3 is 9.47 Å². The van der Waals surface area contributed by atoms with Gasteiger partial charge in [-0.25, -0.2) is 0 Å². The Morgan fingerprint density at radius 3 is 2.81 bits per heavy atom. The van der Waals surface area contributed by atoms with Crippen molar-refractivity contribution in [3.05, 3.63) is 12.2 Å². The molecule has 1 aliphatic carbocycles. The van der Waals surface area contributed by atoms with Crippen molar-refractivity contribution in [2.75, 3.05) is 0 Å². The molecule has 1 aliphatic heterocycles. The molecule has 4 heteroatoms. The molecule has 2 aliphatic rings. The molecule has 2 fully saturated rings. The fraction of sp³-hybridized carbons (Fsp3) is 0.667. The van der Waals surface area contributed by atoms with Crippen molar-refractivity contribution in [2.45, 2.75) is 44.8 Å². The maximum Gasteiger partial charge on any atom is 0.313 e. The summed E-state index contributed by atoms with van der Waals surface area (Å²) >= 11 is 0. The van der Waals surface area contributed by atoms with Gasteiger partial charge >= 0.3 is 11.9 Å². The van der Waals surface area contributed by atoms with Crippen molar-refractivity contribution in [1.82, 2.24) is 0 Å². The third-order valence-corrected chi connectivity index (χ3v) is 3.36. The summed E-state index contributed by atoms with van der Waals surface area (Å²) in [5, 5.41) is 0. The molecule has 1 saturated heterocycles. The van der Waals surface area contributed by atoms with Crippen molar-refractivity contribution in [3.63, 3.8) is 0 Å². The van der Waals surface area contributed by atoms with Crippen LogP contribution in [0, 0.1) is 5.92 Å². The highest BCUT2D eigenvalue weighted by Gasteiger charge is 2.60. The van der Waals surface area contributed by atoms with Crippen LogP contribution in [0.15, 0.2) is 12.2 Å². The van der Waals surface area contributed by atoms with Crippen molar-refractivity contribution in [2.24, 2.45) is 5.92 Å². The van der Waals surface area contributed by atoms with Gasteiger partial charge in [0.2, 0.25) is 0 Å². The second kappa shape index (κ2) is 3.70. The van der Waals surface area contributed by atoms with Gasteiger partial charge in [-0.05, 0) is 25.3 Å². The summed E-state index contributed by atoms with van der Waals surface area (Å²) in [5.41, 5.74) is 0.897. The van der Waals surface area contributed by atoms with E-state index >= 15 is 0 Å². The Morgan fingerprint density at radius 1 is 1.62 bits per heavy atom. The van der Waals surface area contributed by atoms with Crippen LogP contribution in [0.1, 0.15) is 33.1 Å². The highest BCUT2D eigenvalue weighted by molar-refractivity contribution is 5.84. The van der Waals surface area contributed by atoms with E-state index in [4.69, 9.17) is 4.74 Å². The van der Waals surface area contributed by atoms with E-state index in [1.54, 1.807) is 0 Å². The fourth-order valence-corrected chi connectivity index (χ4v) is 2.39. The minimum Gasteiger partial charge on any atom is -0.393 e. The third-order valence-electron chi connectivity index (χ3n) is 3.36. The van der Waals surface area contributed by atoms with Crippen molar-refractivity contribution >= 4 is 11.9 Å². The second-order valence-corrected chi connectivity index (χ2v) is 4.73. The van der Waals surface area contributed by atoms with Gasteiger partial charge in [0.1, 0.15) is 0 Å². The average Bonchev–Trinajstić information content (AvgIpc) is 2.66. The van der Waals surface area contributed by atoms with E-state index in [-0.39, 0.29) is 24.0 Å². The van der Waals surface area contributed by atoms with Crippen molar-refractivity contribution < 1.29 is 19.1 Å². The van der Waals surface area contributed by atoms with Crippen LogP contribution in [0.2, 0.25) is 0 Å². The lowest BCUT2D eigenvalue weighted by atomic mass is 10.1. The lowest BCUT2D eigenvalue weighted by Crippen LogP contribution is -2.16. The Labute approximate surface area is 94.6 Å². The van der Waals surface area contributed by atoms with E-state index in [0.29, 0.717) is 0 Å². The van der Waals surface area contributed by atoms with Gasteiger partial charge in [0.05, 0.1) is 18.1 Å². The Hall–Kier alpha value is -1.16. The maximum atomic E-state index is 11.3. The minimum atomic E-state index is -0.551. The number of hydrogen-bond acceptors (Lipinski definition) is 4. The molecule has 1 heterocycles. The minimum absolute atomic E-state index is 0.0776. The van der Waals surface area contributed by atoms with Crippen LogP contribution in [-0.4, -0.2) is 23.6 Å². The first-order valence-electron chi connectivity index (χ1n) is 5.50. The summed E-state index contributed by atoms with van der Waals surface area (Å²) in [4.78, 5) is 21.9. The van der Waals surface area contributed by atoms with Gasteiger partial charge in [0.15, 0.2) is 0 Å². The smallest absolute Gasteiger partial charge is 0.313 e. The molecule has 4 nitrogen and oxygen atoms in total. The largest absolute Gasteiger partial charge is 0.393 e. The normalized spacial score (nSPS) is 36.5. The first-order chi connectivity index (χ1) is 7.43. The number of ether oxygens (including phenoxy) is 2. The van der Waals surface area contributed by atoms with Crippen molar-refractivity contribution in [1.29, 1.82) is 0 Å². The number of hydrogen-bond donors (Lipinski definition) is 0. The molecule has 88 valence electrons. The van der Waals surface area contributed by atoms with Crippen LogP contribution in [-0.2, 0) is 19.1 Å². The molecule has 0 N–H and O–H groups in total. The van der Waals surface area contributed by atoms with Crippen LogP contribution in [0.5, 0.6) is 0 Å². The van der Waals surface area contributed by atoms with Gasteiger partial charge in [0.25, 0.3) is 0 Å². The van der Waals surface area contributed by atoms with Crippen LogP contribution in [0.4, 0.5) is 0 Å². The van der Waals surface area contributed by atoms with Gasteiger partial charge in [0, 0.05) is 12.8 Å². The average molecular weight is 224 g/mol. The molecular weight excluding hydrogens is 208 g/mol. The SMILES string of the molecule is C=C1C[C@]2(CC2CC(=O)OC(C)=O)O[C@H]1C. The number of esters is 2. The lowest BCUT2D eigenvalue weighted by molar-refractivity contribution is -0.158. The van der Waals surface area contributed by atoms with Crippen molar-refractivity contribution in [3.8, 4) is 0 Å². The molecule has 16 heavy (non-hydrogen) atoms. The Morgan fingerprint density at radius 2 is 2.31 bits per heavy atom. The Kier molecular flexibility index (Phi) is 2.62. The highest BCUT2D eigenvalue weighted by Crippen LogP contribution is 2.57. The highest BCUT2D eigenvalue weighted by atomic mass is 16.6. The van der Waals surface area contributed by atoms with Crippen LogP contribution >= 0.6 is 0 Å². The van der Waals surface area contributed by atoms with Gasteiger partial charge in [-0.2, -0.15) is 0 Å². The van der Waals surface area contributed by atoms with Crippen LogP contribution in [0.3, 0.4) is 0 Å². The van der Waals surface area contributed by atoms with Gasteiger partial charge in [-0.3, -0.25) is 9.59 Å². The second-order valence-electron chi connectivity index (χ2n) is 4.73. The van der Waals surface area contributed by atoms with Crippen LogP contribution in [0.25, 0.3) is 0 Å². The van der Waals surface area contributed by atoms with Gasteiger partial charge in [-0.1, -0.05) is 6.58 Å². The summed E-state index contributed by atoms with van der Waals surface area (Å²) in [6.07, 6.45) is 2.03. The zero-order valence-electron chi connectivity index (χ0n) is 9.62. The standard InChI is InChI=1S/C12H16O4/c1-7-5-12(16-8(7)2)6-10(12)4-11(14)15-9(3)13/h8,10H,1,4-6H2,2-3H3/t8-,10?,12+/m0/s1. The molecule has 1 unspecified atom stereocenters. The Bertz CT molecular complexity index is 360. The molecule has 0 aromatic heterocycles. The molecule has 0 aromatic rings. The molecular formula is C12H16O4. The summed E-state index contributed by atoms with van der Waals surface area (Å²) in [6.45, 7) is 7.14. The molecule has 0 amide bonds. The van der Waals surface area contributed by atoms with E-state index in [1.165, 1.54) is 6.92 Å². The van der Waals surface area contributed by atoms with E-state index < -0.39 is 11.9 Å². The summed E-state index contributed by atoms with van der Waals surface area (Å²) in [6, 6.07) is 0. The zero-order valence-corrected chi connectivity index (χ0v) is 9.62. The van der Waals surface area contributed by atoms with Gasteiger partial charge in [-0.15, -0.1) is 0 Å². The van der Waals surface area contributed by atoms with Crippen LogP contribution < -0.4 is 0 Å². The fourth-order valence-electron chi connectivity index (χ4n) is 2.39. The number of carbonyl (C=O) groups excluding carboxylic acids is 2. The molecule has 0 radical (unpaired) electrons. The monoisotopic (exact) mass is 224 g/mol. The predicted molar refractivity (Wildman–Crippen MR) is 56.5 cm³/mol. The maximum absolute atomic E-state index is 11.3. The first kappa shape index (κ1) is 11.3. The topological polar surface area (TPSA) is 52.6 Å². The molecule has 3 atom stereocenters. The number of rotatable bonds is 2. The molecule has 1 saturated carbocycles. The van der Waals surface area contributed by atoms with E-state index in [2.05, 4.69) is 11.3 Å². The summed E-state index contributed by atoms with van der Waals surface area (Å²) < 4.78 is 10.3. The van der Waals surface area contributed by atoms with E-state index in [0.717, 1.165) is 18.4 Å². The molecule has 0 bridgehead atoms. The molecule has 1 spiro atoms. The first-order valence-corrected chi connectivity index (χ1v) is 5.50. The third kappa shape index (κ3) is 2.02. The van der Waals surface area contributed by atoms with E-state index in [1.807, 2.05) is 6.92 Å². The zero-order chi connectivity index (χ0) is 11.9. The predicted octanol–water partition coefficient (Wildman–Crippen LogP) is 1.59. The molecule has 0 aromatic carbocycles. The number of carbonyl (C=O) groups is 2.